The topological polar surface area (TPSA) is 52.0 Å². The molecule has 0 spiro atoms. The predicted molar refractivity (Wildman–Crippen MR) is 97.7 cm³/mol. The second-order valence-electron chi connectivity index (χ2n) is 5.78. The number of carbonyl (C=O) groups excluding carboxylic acids is 1. The summed E-state index contributed by atoms with van der Waals surface area (Å²) >= 11 is 1.31. The molecule has 4 nitrogen and oxygen atoms in total. The number of fused-ring (bicyclic) bond motifs is 1. The van der Waals surface area contributed by atoms with Gasteiger partial charge in [-0.25, -0.2) is 4.98 Å². The highest BCUT2D eigenvalue weighted by atomic mass is 32.2. The Morgan fingerprint density at radius 3 is 2.62 bits per heavy atom. The first-order valence-corrected chi connectivity index (χ1v) is 8.70. The van der Waals surface area contributed by atoms with Gasteiger partial charge in [-0.05, 0) is 31.5 Å². The Balaban J connectivity index is 2.14. The van der Waals surface area contributed by atoms with Gasteiger partial charge in [0.1, 0.15) is 5.78 Å². The zero-order valence-corrected chi connectivity index (χ0v) is 14.5. The average Bonchev–Trinajstić information content (AvgIpc) is 2.57. The molecule has 0 radical (unpaired) electrons. The van der Waals surface area contributed by atoms with E-state index in [4.69, 9.17) is 0 Å². The van der Waals surface area contributed by atoms with E-state index in [0.717, 1.165) is 11.1 Å². The number of nitrogens with zero attached hydrogens (tertiary/aromatic N) is 2. The maximum absolute atomic E-state index is 13.0. The number of aromatic nitrogens is 2. The predicted octanol–water partition coefficient (Wildman–Crippen LogP) is 3.43. The van der Waals surface area contributed by atoms with Crippen LogP contribution in [0.1, 0.15) is 18.1 Å². The third-order valence-corrected chi connectivity index (χ3v) is 4.78. The van der Waals surface area contributed by atoms with E-state index in [2.05, 4.69) is 4.98 Å². The monoisotopic (exact) mass is 338 g/mol. The first-order chi connectivity index (χ1) is 11.5. The lowest BCUT2D eigenvalue weighted by atomic mass is 10.1. The van der Waals surface area contributed by atoms with Crippen LogP contribution >= 0.6 is 11.8 Å². The number of ketones is 1. The molecule has 3 aromatic rings. The molecule has 0 fully saturated rings. The van der Waals surface area contributed by atoms with Crippen LogP contribution in [0.15, 0.2) is 58.5 Å². The van der Waals surface area contributed by atoms with Crippen LogP contribution in [0, 0.1) is 6.92 Å². The van der Waals surface area contributed by atoms with Crippen molar-refractivity contribution in [3.63, 3.8) is 0 Å². The summed E-state index contributed by atoms with van der Waals surface area (Å²) in [6.07, 6.45) is 0. The van der Waals surface area contributed by atoms with Crippen LogP contribution in [0.4, 0.5) is 0 Å². The fraction of sp³-hybridized carbons (Fsp3) is 0.211. The third kappa shape index (κ3) is 3.57. The van der Waals surface area contributed by atoms with Crippen LogP contribution in [0.25, 0.3) is 10.9 Å². The Bertz CT molecular complexity index is 949. The summed E-state index contributed by atoms with van der Waals surface area (Å²) in [5, 5.41) is 1.19. The van der Waals surface area contributed by atoms with Gasteiger partial charge in [0.25, 0.3) is 5.56 Å². The quantitative estimate of drug-likeness (QED) is 0.528. The number of aryl methyl sites for hydroxylation is 1. The second-order valence-corrected chi connectivity index (χ2v) is 6.73. The van der Waals surface area contributed by atoms with Crippen LogP contribution in [0.3, 0.4) is 0 Å². The van der Waals surface area contributed by atoms with E-state index in [1.54, 1.807) is 4.57 Å². The molecule has 0 atom stereocenters. The Kier molecular flexibility index (Phi) is 4.81. The normalized spacial score (nSPS) is 10.9. The molecule has 5 heteroatoms. The molecule has 0 N–H and O–H groups in total. The summed E-state index contributed by atoms with van der Waals surface area (Å²) in [7, 11) is 0. The lowest BCUT2D eigenvalue weighted by Gasteiger charge is -2.13. The van der Waals surface area contributed by atoms with Gasteiger partial charge < -0.3 is 0 Å². The minimum absolute atomic E-state index is 0.0597. The summed E-state index contributed by atoms with van der Waals surface area (Å²) in [6.45, 7) is 3.94. The number of hydrogen-bond donors (Lipinski definition) is 0. The molecule has 0 amide bonds. The van der Waals surface area contributed by atoms with Gasteiger partial charge in [0.2, 0.25) is 0 Å². The van der Waals surface area contributed by atoms with Crippen molar-refractivity contribution in [3.05, 3.63) is 70.0 Å². The molecule has 0 aliphatic heterocycles. The number of thioether (sulfide) groups is 1. The maximum atomic E-state index is 13.0. The van der Waals surface area contributed by atoms with E-state index in [0.29, 0.717) is 28.4 Å². The van der Waals surface area contributed by atoms with E-state index in [9.17, 15) is 9.59 Å². The van der Waals surface area contributed by atoms with Crippen molar-refractivity contribution >= 4 is 28.4 Å². The van der Waals surface area contributed by atoms with Crippen molar-refractivity contribution < 1.29 is 4.79 Å². The Labute approximate surface area is 144 Å². The fourth-order valence-electron chi connectivity index (χ4n) is 2.50. The Morgan fingerprint density at radius 1 is 1.17 bits per heavy atom. The maximum Gasteiger partial charge on any atom is 0.262 e. The lowest BCUT2D eigenvalue weighted by Crippen LogP contribution is -2.24. The first-order valence-electron chi connectivity index (χ1n) is 7.72. The minimum atomic E-state index is -0.0707. The molecule has 0 saturated heterocycles. The van der Waals surface area contributed by atoms with E-state index >= 15 is 0 Å². The number of carbonyl (C=O) groups is 1. The number of hydrogen-bond acceptors (Lipinski definition) is 4. The molecule has 1 aromatic heterocycles. The van der Waals surface area contributed by atoms with Gasteiger partial charge in [-0.3, -0.25) is 14.2 Å². The van der Waals surface area contributed by atoms with Crippen LogP contribution in [0.5, 0.6) is 0 Å². The highest BCUT2D eigenvalue weighted by molar-refractivity contribution is 7.99. The van der Waals surface area contributed by atoms with Gasteiger partial charge in [0, 0.05) is 0 Å². The third-order valence-electron chi connectivity index (χ3n) is 3.66. The van der Waals surface area contributed by atoms with E-state index in [-0.39, 0.29) is 11.3 Å². The molecule has 122 valence electrons. The van der Waals surface area contributed by atoms with Crippen LogP contribution < -0.4 is 5.56 Å². The molecule has 0 bridgehead atoms. The van der Waals surface area contributed by atoms with Crippen molar-refractivity contribution in [1.82, 2.24) is 9.55 Å². The molecule has 2 aromatic carbocycles. The molecule has 0 aliphatic rings. The summed E-state index contributed by atoms with van der Waals surface area (Å²) in [5.74, 6) is 0.364. The van der Waals surface area contributed by atoms with E-state index in [1.807, 2.05) is 55.5 Å². The second kappa shape index (κ2) is 7.01. The zero-order chi connectivity index (χ0) is 17.1. The highest BCUT2D eigenvalue weighted by Crippen LogP contribution is 2.19. The van der Waals surface area contributed by atoms with Gasteiger partial charge in [-0.15, -0.1) is 0 Å². The lowest BCUT2D eigenvalue weighted by molar-refractivity contribution is -0.114. The number of rotatable bonds is 5. The van der Waals surface area contributed by atoms with Gasteiger partial charge in [0.05, 0.1) is 23.2 Å². The Morgan fingerprint density at radius 2 is 1.92 bits per heavy atom. The van der Waals surface area contributed by atoms with Crippen molar-refractivity contribution in [2.24, 2.45) is 0 Å². The fourth-order valence-corrected chi connectivity index (χ4v) is 3.29. The minimum Gasteiger partial charge on any atom is -0.299 e. The van der Waals surface area contributed by atoms with E-state index < -0.39 is 0 Å². The van der Waals surface area contributed by atoms with Crippen LogP contribution in [-0.4, -0.2) is 21.1 Å². The molecule has 0 unspecified atom stereocenters. The smallest absolute Gasteiger partial charge is 0.262 e. The van der Waals surface area contributed by atoms with Gasteiger partial charge in [-0.2, -0.15) is 0 Å². The van der Waals surface area contributed by atoms with Gasteiger partial charge >= 0.3 is 0 Å². The molecular formula is C19H18N2O2S. The van der Waals surface area contributed by atoms with Crippen molar-refractivity contribution in [1.29, 1.82) is 0 Å². The summed E-state index contributed by atoms with van der Waals surface area (Å²) in [5.41, 5.74) is 2.65. The molecule has 3 rings (SSSR count). The average molecular weight is 338 g/mol. The largest absolute Gasteiger partial charge is 0.299 e. The van der Waals surface area contributed by atoms with Crippen molar-refractivity contribution in [3.8, 4) is 0 Å². The number of benzene rings is 2. The summed E-state index contributed by atoms with van der Waals surface area (Å²) < 4.78 is 1.66. The SMILES string of the molecule is CC(=O)CSc1nc2ccc(C)cc2c(=O)n1Cc1ccccc1. The van der Waals surface area contributed by atoms with Gasteiger partial charge in [0.15, 0.2) is 5.16 Å². The molecule has 24 heavy (non-hydrogen) atoms. The first kappa shape index (κ1) is 16.5. The molecule has 0 aliphatic carbocycles. The zero-order valence-electron chi connectivity index (χ0n) is 13.7. The summed E-state index contributed by atoms with van der Waals surface area (Å²) in [4.78, 5) is 28.9. The molecule has 0 saturated carbocycles. The van der Waals surface area contributed by atoms with Crippen molar-refractivity contribution in [2.45, 2.75) is 25.5 Å². The standard InChI is InChI=1S/C19H18N2O2S/c1-13-8-9-17-16(10-13)18(23)21(11-15-6-4-3-5-7-15)19(20-17)24-12-14(2)22/h3-10H,11-12H2,1-2H3. The van der Waals surface area contributed by atoms with Crippen LogP contribution in [-0.2, 0) is 11.3 Å². The van der Waals surface area contributed by atoms with Gasteiger partial charge in [-0.1, -0.05) is 53.7 Å². The summed E-state index contributed by atoms with van der Waals surface area (Å²) in [6, 6.07) is 15.5. The molecular weight excluding hydrogens is 320 g/mol. The van der Waals surface area contributed by atoms with Crippen molar-refractivity contribution in [2.75, 3.05) is 5.75 Å². The van der Waals surface area contributed by atoms with E-state index in [1.165, 1.54) is 18.7 Å². The highest BCUT2D eigenvalue weighted by Gasteiger charge is 2.13. The Hall–Kier alpha value is -2.40. The number of Topliss-reactive ketones (excluding diaryl/α,β-unsaturated/α-hetero) is 1. The van der Waals surface area contributed by atoms with Crippen LogP contribution in [0.2, 0.25) is 0 Å². The molecule has 1 heterocycles.